The maximum Gasteiger partial charge on any atom is 0.268 e. The van der Waals surface area contributed by atoms with Gasteiger partial charge in [0.1, 0.15) is 13.2 Å². The molecule has 0 aliphatic rings. The number of aliphatic hydroxyl groups excluding tert-OH is 1. The number of hydrogen-bond donors (Lipinski definition) is 2. The number of unbranched alkanes of at least 4 members (excludes halogenated alkanes) is 43. The number of hydrogen-bond acceptors (Lipinski definition) is 6. The van der Waals surface area contributed by atoms with Gasteiger partial charge in [0.25, 0.3) is 7.82 Å². The van der Waals surface area contributed by atoms with E-state index in [9.17, 15) is 19.4 Å². The zero-order valence-corrected chi connectivity index (χ0v) is 52.8. The standard InChI is InChI=1S/C68H131N2O6P/c1-6-8-10-12-14-16-18-20-22-24-26-28-30-32-33-34-35-36-37-38-40-42-44-46-48-50-52-54-56-58-60-62-68(72)69-66(65-76-77(73,74)75-64-63-70(3,4)5)67(71)61-59-57-55-53-51-49-47-45-43-41-39-31-29-27-25-23-21-19-17-15-13-11-9-7-2/h24,26,43,45,51,53,59,61,66-67,71H,6-23,25,27-42,44,46-50,52,54-58,60,62-65H2,1-5H3,(H-,69,72,73,74)/b26-24-,45-43+,53-51+,61-59+. The highest BCUT2D eigenvalue weighted by Gasteiger charge is 2.23. The van der Waals surface area contributed by atoms with Gasteiger partial charge in [0.2, 0.25) is 5.91 Å². The summed E-state index contributed by atoms with van der Waals surface area (Å²) < 4.78 is 23.4. The van der Waals surface area contributed by atoms with Crippen molar-refractivity contribution in [3.63, 3.8) is 0 Å². The van der Waals surface area contributed by atoms with Crippen LogP contribution in [0.25, 0.3) is 0 Å². The van der Waals surface area contributed by atoms with Gasteiger partial charge in [-0.25, -0.2) is 0 Å². The van der Waals surface area contributed by atoms with E-state index < -0.39 is 26.6 Å². The minimum Gasteiger partial charge on any atom is -0.756 e. The lowest BCUT2D eigenvalue weighted by atomic mass is 10.0. The predicted octanol–water partition coefficient (Wildman–Crippen LogP) is 20.4. The Morgan fingerprint density at radius 2 is 0.727 bits per heavy atom. The van der Waals surface area contributed by atoms with Crippen molar-refractivity contribution in [2.24, 2.45) is 0 Å². The summed E-state index contributed by atoms with van der Waals surface area (Å²) in [5, 5.41) is 13.9. The maximum atomic E-state index is 13.0. The molecule has 0 aliphatic carbocycles. The van der Waals surface area contributed by atoms with Crippen LogP contribution in [0, 0.1) is 0 Å². The van der Waals surface area contributed by atoms with Gasteiger partial charge in [0.05, 0.1) is 39.9 Å². The predicted molar refractivity (Wildman–Crippen MR) is 334 cm³/mol. The molecule has 77 heavy (non-hydrogen) atoms. The molecule has 3 atom stereocenters. The molecule has 0 saturated carbocycles. The second-order valence-electron chi connectivity index (χ2n) is 24.2. The topological polar surface area (TPSA) is 108 Å². The van der Waals surface area contributed by atoms with Crippen molar-refractivity contribution in [2.75, 3.05) is 40.9 Å². The van der Waals surface area contributed by atoms with Crippen LogP contribution in [0.15, 0.2) is 48.6 Å². The fraction of sp³-hybridized carbons (Fsp3) is 0.868. The van der Waals surface area contributed by atoms with E-state index in [1.165, 1.54) is 263 Å². The molecule has 0 bridgehead atoms. The number of nitrogens with zero attached hydrogens (tertiary/aromatic N) is 1. The van der Waals surface area contributed by atoms with Crippen molar-refractivity contribution in [3.8, 4) is 0 Å². The molecular formula is C68H131N2O6P. The number of likely N-dealkylation sites (N-methyl/N-ethyl adjacent to an activating group) is 1. The first-order valence-corrected chi connectivity index (χ1v) is 35.0. The van der Waals surface area contributed by atoms with E-state index in [2.05, 4.69) is 55.6 Å². The molecule has 9 heteroatoms. The molecule has 0 fully saturated rings. The molecule has 3 unspecified atom stereocenters. The summed E-state index contributed by atoms with van der Waals surface area (Å²) in [6, 6.07) is -0.911. The summed E-state index contributed by atoms with van der Waals surface area (Å²) in [6.07, 6.45) is 79.4. The number of phosphoric acid groups is 1. The Hall–Kier alpha value is -1.54. The summed E-state index contributed by atoms with van der Waals surface area (Å²) >= 11 is 0. The van der Waals surface area contributed by atoms with Crippen molar-refractivity contribution in [2.45, 2.75) is 341 Å². The van der Waals surface area contributed by atoms with Crippen LogP contribution >= 0.6 is 7.82 Å². The molecule has 0 radical (unpaired) electrons. The number of aliphatic hydroxyl groups is 1. The highest BCUT2D eigenvalue weighted by molar-refractivity contribution is 7.45. The summed E-state index contributed by atoms with van der Waals surface area (Å²) in [5.74, 6) is -0.206. The number of quaternary nitrogens is 1. The Labute approximate surface area is 479 Å². The van der Waals surface area contributed by atoms with E-state index in [1.54, 1.807) is 6.08 Å². The van der Waals surface area contributed by atoms with Gasteiger partial charge >= 0.3 is 0 Å². The molecule has 0 saturated heterocycles. The van der Waals surface area contributed by atoms with Crippen molar-refractivity contribution < 1.29 is 32.9 Å². The van der Waals surface area contributed by atoms with Crippen LogP contribution in [0.3, 0.4) is 0 Å². The first-order chi connectivity index (χ1) is 37.5. The highest BCUT2D eigenvalue weighted by Crippen LogP contribution is 2.38. The third-order valence-corrected chi connectivity index (χ3v) is 16.2. The average molecular weight is 1100 g/mol. The van der Waals surface area contributed by atoms with Crippen LogP contribution in [0.1, 0.15) is 328 Å². The van der Waals surface area contributed by atoms with Crippen molar-refractivity contribution >= 4 is 13.7 Å². The van der Waals surface area contributed by atoms with E-state index >= 15 is 0 Å². The summed E-state index contributed by atoms with van der Waals surface area (Å²) in [7, 11) is 1.25. The Bertz CT molecular complexity index is 1390. The van der Waals surface area contributed by atoms with Crippen molar-refractivity contribution in [1.29, 1.82) is 0 Å². The number of carbonyl (C=O) groups is 1. The number of nitrogens with one attached hydrogen (secondary N) is 1. The molecule has 0 heterocycles. The second kappa shape index (κ2) is 59.1. The number of carbonyl (C=O) groups excluding carboxylic acids is 1. The van der Waals surface area contributed by atoms with Crippen LogP contribution in [-0.2, 0) is 18.4 Å². The third kappa shape index (κ3) is 61.9. The number of amides is 1. The van der Waals surface area contributed by atoms with Crippen LogP contribution in [0.2, 0.25) is 0 Å². The quantitative estimate of drug-likeness (QED) is 0.0272. The van der Waals surface area contributed by atoms with Crippen LogP contribution in [0.4, 0.5) is 0 Å². The monoisotopic (exact) mass is 1100 g/mol. The molecule has 0 aromatic carbocycles. The molecule has 0 aromatic rings. The number of rotatable bonds is 62. The van der Waals surface area contributed by atoms with Gasteiger partial charge in [-0.2, -0.15) is 0 Å². The normalized spacial score (nSPS) is 14.0. The van der Waals surface area contributed by atoms with Gasteiger partial charge in [0, 0.05) is 6.42 Å². The molecule has 0 aliphatic heterocycles. The van der Waals surface area contributed by atoms with Crippen molar-refractivity contribution in [1.82, 2.24) is 5.32 Å². The van der Waals surface area contributed by atoms with Crippen molar-refractivity contribution in [3.05, 3.63) is 48.6 Å². The van der Waals surface area contributed by atoms with Gasteiger partial charge < -0.3 is 28.8 Å². The summed E-state index contributed by atoms with van der Waals surface area (Å²) in [4.78, 5) is 25.6. The smallest absolute Gasteiger partial charge is 0.268 e. The Morgan fingerprint density at radius 1 is 0.442 bits per heavy atom. The molecule has 2 N–H and O–H groups in total. The number of allylic oxidation sites excluding steroid dienone is 7. The minimum absolute atomic E-state index is 0.00822. The zero-order valence-electron chi connectivity index (χ0n) is 51.9. The molecule has 8 nitrogen and oxygen atoms in total. The lowest BCUT2D eigenvalue weighted by molar-refractivity contribution is -0.870. The number of phosphoric ester groups is 1. The largest absolute Gasteiger partial charge is 0.756 e. The summed E-state index contributed by atoms with van der Waals surface area (Å²) in [5.41, 5.74) is 0. The Kier molecular flexibility index (Phi) is 57.9. The van der Waals surface area contributed by atoms with Gasteiger partial charge in [-0.1, -0.05) is 300 Å². The van der Waals surface area contributed by atoms with Gasteiger partial charge in [-0.05, 0) is 70.6 Å². The van der Waals surface area contributed by atoms with E-state index in [1.807, 2.05) is 27.2 Å². The lowest BCUT2D eigenvalue weighted by Crippen LogP contribution is -2.45. The van der Waals surface area contributed by atoms with Gasteiger partial charge in [0.15, 0.2) is 0 Å². The van der Waals surface area contributed by atoms with E-state index in [-0.39, 0.29) is 12.5 Å². The Morgan fingerprint density at radius 3 is 1.05 bits per heavy atom. The minimum atomic E-state index is -4.61. The fourth-order valence-corrected chi connectivity index (χ4v) is 10.7. The first-order valence-electron chi connectivity index (χ1n) is 33.5. The van der Waals surface area contributed by atoms with Gasteiger partial charge in [-0.3, -0.25) is 9.36 Å². The van der Waals surface area contributed by atoms with Crippen LogP contribution in [-0.4, -0.2) is 68.5 Å². The third-order valence-electron chi connectivity index (χ3n) is 15.2. The fourth-order valence-electron chi connectivity index (χ4n) is 10.0. The first kappa shape index (κ1) is 75.5. The lowest BCUT2D eigenvalue weighted by Gasteiger charge is -2.29. The SMILES string of the molecule is CCCCCCCCCC/C=C\CCCCCCCCCCCCCCCCCCCCCC(=O)NC(COP(=O)([O-])OCC[N+](C)(C)C)C(O)/C=C/CC/C=C/CC/C=C/CCCCCCCCCCCCCCCC. The van der Waals surface area contributed by atoms with E-state index in [4.69, 9.17) is 9.05 Å². The molecule has 1 amide bonds. The molecule has 0 rings (SSSR count). The molecular weight excluding hydrogens is 972 g/mol. The molecule has 0 spiro atoms. The van der Waals surface area contributed by atoms with E-state index in [0.717, 1.165) is 44.9 Å². The van der Waals surface area contributed by atoms with Gasteiger partial charge in [-0.15, -0.1) is 0 Å². The second-order valence-corrected chi connectivity index (χ2v) is 25.6. The van der Waals surface area contributed by atoms with Crippen LogP contribution in [0.5, 0.6) is 0 Å². The van der Waals surface area contributed by atoms with E-state index in [0.29, 0.717) is 17.4 Å². The maximum absolute atomic E-state index is 13.0. The average Bonchev–Trinajstić information content (AvgIpc) is 3.39. The molecule has 454 valence electrons. The summed E-state index contributed by atoms with van der Waals surface area (Å²) in [6.45, 7) is 4.66. The Balaban J connectivity index is 4.12. The molecule has 0 aromatic heterocycles. The zero-order chi connectivity index (χ0) is 56.3. The highest BCUT2D eigenvalue weighted by atomic mass is 31.2. The van der Waals surface area contributed by atoms with Crippen LogP contribution < -0.4 is 10.2 Å².